The molecule has 0 nitrogen and oxygen atoms in total. The highest BCUT2D eigenvalue weighted by Crippen LogP contribution is 2.54. The van der Waals surface area contributed by atoms with Crippen molar-refractivity contribution in [1.29, 1.82) is 0 Å². The van der Waals surface area contributed by atoms with E-state index < -0.39 is 32.2 Å². The van der Waals surface area contributed by atoms with E-state index in [1.165, 1.54) is 29.5 Å². The van der Waals surface area contributed by atoms with Gasteiger partial charge < -0.3 is 0 Å². The highest BCUT2D eigenvalue weighted by atomic mass is 127. The maximum Gasteiger partial charge on any atom is 0.435 e. The third-order valence-corrected chi connectivity index (χ3v) is 4.02. The summed E-state index contributed by atoms with van der Waals surface area (Å²) in [5.41, 5.74) is -6.97. The van der Waals surface area contributed by atoms with Crippen molar-refractivity contribution in [1.82, 2.24) is 0 Å². The molecule has 0 spiro atoms. The van der Waals surface area contributed by atoms with Crippen LogP contribution in [-0.2, 0) is 5.67 Å². The average molecular weight is 420 g/mol. The quantitative estimate of drug-likeness (QED) is 0.413. The Balaban J connectivity index is 3.71. The summed E-state index contributed by atoms with van der Waals surface area (Å²) in [5, 5.41) is -0.400. The zero-order chi connectivity index (χ0) is 15.2. The van der Waals surface area contributed by atoms with Gasteiger partial charge in [0.05, 0.1) is 0 Å². The van der Waals surface area contributed by atoms with Gasteiger partial charge in [-0.05, 0) is 47.2 Å². The van der Waals surface area contributed by atoms with E-state index >= 15 is 0 Å². The molecule has 19 heavy (non-hydrogen) atoms. The van der Waals surface area contributed by atoms with Crippen LogP contribution in [0.5, 0.6) is 0 Å². The van der Waals surface area contributed by atoms with Gasteiger partial charge >= 0.3 is 18.0 Å². The molecule has 1 aromatic carbocycles. The number of alkyl halides is 7. The summed E-state index contributed by atoms with van der Waals surface area (Å²) in [5.74, 6) is 0. The molecule has 0 saturated heterocycles. The van der Waals surface area contributed by atoms with Crippen molar-refractivity contribution in [2.24, 2.45) is 0 Å². The van der Waals surface area contributed by atoms with Crippen LogP contribution in [0.2, 0.25) is 5.02 Å². The fourth-order valence-corrected chi connectivity index (χ4v) is 2.40. The van der Waals surface area contributed by atoms with Gasteiger partial charge in [-0.1, -0.05) is 11.6 Å². The average Bonchev–Trinajstić information content (AvgIpc) is 2.18. The smallest absolute Gasteiger partial charge is 0.218 e. The van der Waals surface area contributed by atoms with E-state index in [2.05, 4.69) is 0 Å². The van der Waals surface area contributed by atoms with Crippen LogP contribution in [0.15, 0.2) is 12.1 Å². The molecule has 0 aliphatic rings. The lowest BCUT2D eigenvalue weighted by atomic mass is 9.93. The van der Waals surface area contributed by atoms with Crippen LogP contribution in [0.4, 0.5) is 30.7 Å². The summed E-state index contributed by atoms with van der Waals surface area (Å²) in [7, 11) is 0. The molecular formula is C10H5ClF7I. The highest BCUT2D eigenvalue weighted by molar-refractivity contribution is 14.1. The van der Waals surface area contributed by atoms with E-state index in [0.29, 0.717) is 6.07 Å². The SMILES string of the molecule is Cc1cc(Cl)cc(C(F)(C(F)(F)F)C(F)(F)F)c1I. The van der Waals surface area contributed by atoms with Crippen molar-refractivity contribution < 1.29 is 30.7 Å². The van der Waals surface area contributed by atoms with Crippen molar-refractivity contribution in [2.75, 3.05) is 0 Å². The second kappa shape index (κ2) is 4.94. The first kappa shape index (κ1) is 16.8. The molecule has 0 saturated carbocycles. The maximum atomic E-state index is 13.8. The van der Waals surface area contributed by atoms with Gasteiger partial charge in [-0.2, -0.15) is 26.3 Å². The lowest BCUT2D eigenvalue weighted by Gasteiger charge is -2.31. The van der Waals surface area contributed by atoms with Crippen LogP contribution in [0, 0.1) is 10.5 Å². The van der Waals surface area contributed by atoms with Gasteiger partial charge in [0.2, 0.25) is 0 Å². The summed E-state index contributed by atoms with van der Waals surface area (Å²) in [4.78, 5) is 0. The van der Waals surface area contributed by atoms with Gasteiger partial charge in [-0.3, -0.25) is 0 Å². The Hall–Kier alpha value is -0.250. The Morgan fingerprint density at radius 3 is 1.74 bits per heavy atom. The zero-order valence-corrected chi connectivity index (χ0v) is 12.0. The number of hydrogen-bond donors (Lipinski definition) is 0. The third-order valence-electron chi connectivity index (χ3n) is 2.37. The van der Waals surface area contributed by atoms with Crippen LogP contribution >= 0.6 is 34.2 Å². The van der Waals surface area contributed by atoms with Crippen molar-refractivity contribution in [2.45, 2.75) is 24.9 Å². The number of rotatable bonds is 1. The lowest BCUT2D eigenvalue weighted by Crippen LogP contribution is -2.51. The monoisotopic (exact) mass is 420 g/mol. The van der Waals surface area contributed by atoms with Crippen LogP contribution < -0.4 is 0 Å². The molecule has 0 atom stereocenters. The topological polar surface area (TPSA) is 0 Å². The molecule has 0 heterocycles. The minimum Gasteiger partial charge on any atom is -0.218 e. The molecule has 0 aromatic heterocycles. The number of benzene rings is 1. The molecule has 0 amide bonds. The van der Waals surface area contributed by atoms with Crippen LogP contribution in [0.3, 0.4) is 0 Å². The standard InChI is InChI=1S/C10H5ClF7I/c1-4-2-5(11)3-6(7(4)19)8(12,9(13,14)15)10(16,17)18/h2-3H,1H3. The Morgan fingerprint density at radius 1 is 0.947 bits per heavy atom. The van der Waals surface area contributed by atoms with Gasteiger partial charge in [0.15, 0.2) is 0 Å². The molecule has 0 aliphatic heterocycles. The molecule has 1 rings (SSSR count). The first-order chi connectivity index (χ1) is 8.32. The summed E-state index contributed by atoms with van der Waals surface area (Å²) in [6.07, 6.45) is -12.3. The summed E-state index contributed by atoms with van der Waals surface area (Å²) in [6.45, 7) is 1.24. The normalized spacial score (nSPS) is 13.8. The fourth-order valence-electron chi connectivity index (χ4n) is 1.44. The third kappa shape index (κ3) is 2.79. The fraction of sp³-hybridized carbons (Fsp3) is 0.400. The van der Waals surface area contributed by atoms with Crippen LogP contribution in [-0.4, -0.2) is 12.4 Å². The van der Waals surface area contributed by atoms with Gasteiger partial charge in [-0.25, -0.2) is 4.39 Å². The zero-order valence-electron chi connectivity index (χ0n) is 9.06. The molecule has 0 N–H and O–H groups in total. The van der Waals surface area contributed by atoms with E-state index in [-0.39, 0.29) is 5.56 Å². The van der Waals surface area contributed by atoms with Gasteiger partial charge in [0.1, 0.15) is 0 Å². The highest BCUT2D eigenvalue weighted by Gasteiger charge is 2.74. The first-order valence-electron chi connectivity index (χ1n) is 4.61. The number of halogens is 9. The predicted molar refractivity (Wildman–Crippen MR) is 63.8 cm³/mol. The van der Waals surface area contributed by atoms with Crippen molar-refractivity contribution >= 4 is 34.2 Å². The molecule has 108 valence electrons. The second-order valence-corrected chi connectivity index (χ2v) is 5.25. The van der Waals surface area contributed by atoms with Gasteiger partial charge in [0, 0.05) is 14.2 Å². The number of aryl methyl sites for hydroxylation is 1. The number of hydrogen-bond acceptors (Lipinski definition) is 0. The van der Waals surface area contributed by atoms with E-state index in [9.17, 15) is 30.7 Å². The van der Waals surface area contributed by atoms with E-state index in [4.69, 9.17) is 11.6 Å². The summed E-state index contributed by atoms with van der Waals surface area (Å²) >= 11 is 6.65. The Bertz CT molecular complexity index is 478. The second-order valence-electron chi connectivity index (χ2n) is 3.74. The molecule has 0 bridgehead atoms. The molecule has 0 fully saturated rings. The van der Waals surface area contributed by atoms with Crippen LogP contribution in [0.1, 0.15) is 11.1 Å². The first-order valence-corrected chi connectivity index (χ1v) is 6.06. The summed E-state index contributed by atoms with van der Waals surface area (Å²) < 4.78 is 88.9. The molecule has 1 aromatic rings. The van der Waals surface area contributed by atoms with E-state index in [0.717, 1.165) is 6.07 Å². The Labute approximate surface area is 122 Å². The Kier molecular flexibility index (Phi) is 4.37. The maximum absolute atomic E-state index is 13.8. The van der Waals surface area contributed by atoms with Gasteiger partial charge in [-0.15, -0.1) is 0 Å². The van der Waals surface area contributed by atoms with Gasteiger partial charge in [0.25, 0.3) is 0 Å². The molecule has 0 radical (unpaired) electrons. The minimum absolute atomic E-state index is 0.0265. The molecule has 0 aliphatic carbocycles. The lowest BCUT2D eigenvalue weighted by molar-refractivity contribution is -0.349. The van der Waals surface area contributed by atoms with Crippen molar-refractivity contribution in [3.63, 3.8) is 0 Å². The Morgan fingerprint density at radius 2 is 1.37 bits per heavy atom. The summed E-state index contributed by atoms with van der Waals surface area (Å²) in [6, 6.07) is 1.50. The predicted octanol–water partition coefficient (Wildman–Crippen LogP) is 5.54. The molecular weight excluding hydrogens is 415 g/mol. The minimum atomic E-state index is -6.14. The largest absolute Gasteiger partial charge is 0.435 e. The molecule has 9 heteroatoms. The van der Waals surface area contributed by atoms with Crippen molar-refractivity contribution in [3.8, 4) is 0 Å². The molecule has 0 unspecified atom stereocenters. The van der Waals surface area contributed by atoms with E-state index in [1.807, 2.05) is 0 Å². The van der Waals surface area contributed by atoms with Crippen molar-refractivity contribution in [3.05, 3.63) is 31.9 Å². The van der Waals surface area contributed by atoms with E-state index in [1.54, 1.807) is 0 Å². The van der Waals surface area contributed by atoms with Crippen LogP contribution in [0.25, 0.3) is 0 Å².